The number of amides is 1. The summed E-state index contributed by atoms with van der Waals surface area (Å²) < 4.78 is 0.460. The van der Waals surface area contributed by atoms with E-state index in [1.807, 2.05) is 6.07 Å². The van der Waals surface area contributed by atoms with E-state index >= 15 is 0 Å². The third-order valence-electron chi connectivity index (χ3n) is 3.47. The van der Waals surface area contributed by atoms with Crippen LogP contribution >= 0.6 is 12.2 Å². The van der Waals surface area contributed by atoms with Gasteiger partial charge in [-0.3, -0.25) is 9.59 Å². The summed E-state index contributed by atoms with van der Waals surface area (Å²) >= 11 is 5.25. The number of rotatable bonds is 5. The quantitative estimate of drug-likeness (QED) is 0.728. The van der Waals surface area contributed by atoms with E-state index in [1.165, 1.54) is 6.42 Å². The van der Waals surface area contributed by atoms with Gasteiger partial charge in [0.15, 0.2) is 0 Å². The minimum absolute atomic E-state index is 0.0571. The van der Waals surface area contributed by atoms with Crippen LogP contribution in [0, 0.1) is 4.64 Å². The largest absolute Gasteiger partial charge is 0.481 e. The first-order chi connectivity index (χ1) is 10.1. The molecule has 21 heavy (non-hydrogen) atoms. The lowest BCUT2D eigenvalue weighted by atomic mass is 10.1. The number of H-pyrrole nitrogens is 1. The summed E-state index contributed by atoms with van der Waals surface area (Å²) in [6.45, 7) is 1.88. The van der Waals surface area contributed by atoms with Crippen LogP contribution in [-0.2, 0) is 9.59 Å². The molecule has 0 unspecified atom stereocenters. The molecule has 3 N–H and O–H groups in total. The van der Waals surface area contributed by atoms with Gasteiger partial charge in [0, 0.05) is 25.7 Å². The van der Waals surface area contributed by atoms with Gasteiger partial charge in [-0.1, -0.05) is 12.2 Å². The highest BCUT2D eigenvalue weighted by Crippen LogP contribution is 2.28. The van der Waals surface area contributed by atoms with Crippen molar-refractivity contribution in [3.63, 3.8) is 0 Å². The van der Waals surface area contributed by atoms with Gasteiger partial charge in [-0.2, -0.15) is 0 Å². The molecule has 1 aromatic heterocycles. The Hall–Kier alpha value is -1.89. The number of nitrogens with zero attached hydrogens (tertiary/aromatic N) is 1. The monoisotopic (exact) mass is 309 g/mol. The molecule has 114 valence electrons. The van der Waals surface area contributed by atoms with Crippen LogP contribution in [0.25, 0.3) is 0 Å². The van der Waals surface area contributed by atoms with Gasteiger partial charge >= 0.3 is 5.97 Å². The normalized spacial score (nSPS) is 14.8. The van der Waals surface area contributed by atoms with Crippen LogP contribution in [0.5, 0.6) is 0 Å². The lowest BCUT2D eigenvalue weighted by molar-refractivity contribution is -0.138. The predicted octanol–water partition coefficient (Wildman–Crippen LogP) is 2.54. The van der Waals surface area contributed by atoms with Crippen molar-refractivity contribution in [2.24, 2.45) is 0 Å². The van der Waals surface area contributed by atoms with Crippen LogP contribution in [0.1, 0.15) is 32.1 Å². The van der Waals surface area contributed by atoms with Crippen LogP contribution in [0.4, 0.5) is 11.4 Å². The third-order valence-corrected chi connectivity index (χ3v) is 3.79. The molecule has 7 heteroatoms. The Labute approximate surface area is 128 Å². The summed E-state index contributed by atoms with van der Waals surface area (Å²) in [5.74, 6) is -1.32. The molecule has 0 bridgehead atoms. The van der Waals surface area contributed by atoms with Crippen LogP contribution < -0.4 is 10.2 Å². The second-order valence-corrected chi connectivity index (χ2v) is 5.46. The van der Waals surface area contributed by atoms with Gasteiger partial charge in [-0.15, -0.1) is 0 Å². The van der Waals surface area contributed by atoms with Gasteiger partial charge in [-0.25, -0.2) is 0 Å². The number of carboxylic acids is 1. The van der Waals surface area contributed by atoms with Crippen LogP contribution in [-0.4, -0.2) is 35.1 Å². The van der Waals surface area contributed by atoms with E-state index in [0.717, 1.165) is 31.6 Å². The van der Waals surface area contributed by atoms with Crippen molar-refractivity contribution < 1.29 is 14.7 Å². The number of aromatic nitrogens is 1. The number of carbonyl (C=O) groups excluding carboxylic acids is 1. The van der Waals surface area contributed by atoms with Crippen molar-refractivity contribution in [2.75, 3.05) is 23.3 Å². The molecule has 2 heterocycles. The number of carboxylic acid groups (broad SMARTS) is 1. The maximum Gasteiger partial charge on any atom is 0.303 e. The Morgan fingerprint density at radius 1 is 1.29 bits per heavy atom. The molecule has 1 aromatic rings. The van der Waals surface area contributed by atoms with E-state index in [4.69, 9.17) is 17.3 Å². The number of piperidine rings is 1. The molecule has 2 rings (SSSR count). The smallest absolute Gasteiger partial charge is 0.303 e. The second kappa shape index (κ2) is 7.21. The summed E-state index contributed by atoms with van der Waals surface area (Å²) in [6.07, 6.45) is 4.98. The fraction of sp³-hybridized carbons (Fsp3) is 0.500. The molecule has 0 aliphatic carbocycles. The topological polar surface area (TPSA) is 85.4 Å². The van der Waals surface area contributed by atoms with E-state index in [0.29, 0.717) is 10.3 Å². The van der Waals surface area contributed by atoms with E-state index < -0.39 is 5.97 Å². The molecule has 0 radical (unpaired) electrons. The molecular weight excluding hydrogens is 290 g/mol. The summed E-state index contributed by atoms with van der Waals surface area (Å²) in [7, 11) is 0. The van der Waals surface area contributed by atoms with Crippen molar-refractivity contribution in [2.45, 2.75) is 32.1 Å². The molecule has 0 saturated carbocycles. The van der Waals surface area contributed by atoms with Crippen molar-refractivity contribution >= 4 is 35.5 Å². The number of nitrogens with one attached hydrogen (secondary N) is 2. The lowest BCUT2D eigenvalue weighted by Crippen LogP contribution is -2.30. The number of aromatic amines is 1. The average Bonchev–Trinajstić information content (AvgIpc) is 2.48. The molecule has 6 nitrogen and oxygen atoms in total. The first-order valence-corrected chi connectivity index (χ1v) is 7.47. The van der Waals surface area contributed by atoms with E-state index in [9.17, 15) is 9.59 Å². The summed E-state index contributed by atoms with van der Waals surface area (Å²) in [5, 5.41) is 11.4. The molecule has 0 spiro atoms. The number of aliphatic carboxylic acids is 1. The SMILES string of the molecule is O=C(O)CCC(=O)Nc1c(N2CCCCC2)cc[nH]c1=S. The molecule has 1 aliphatic heterocycles. The Balaban J connectivity index is 2.15. The van der Waals surface area contributed by atoms with Crippen LogP contribution in [0.3, 0.4) is 0 Å². The first-order valence-electron chi connectivity index (χ1n) is 7.06. The minimum Gasteiger partial charge on any atom is -0.481 e. The summed E-state index contributed by atoms with van der Waals surface area (Å²) in [6, 6.07) is 1.90. The number of anilines is 2. The molecule has 0 aromatic carbocycles. The van der Waals surface area contributed by atoms with Crippen LogP contribution in [0.15, 0.2) is 12.3 Å². The van der Waals surface area contributed by atoms with Crippen molar-refractivity contribution in [3.05, 3.63) is 16.9 Å². The van der Waals surface area contributed by atoms with Gasteiger partial charge in [0.1, 0.15) is 4.64 Å². The minimum atomic E-state index is -0.986. The standard InChI is InChI=1S/C14H19N3O3S/c18-11(4-5-12(19)20)16-13-10(6-7-15-14(13)21)17-8-2-1-3-9-17/h6-7H,1-5,8-9H2,(H,15,21)(H,16,18)(H,19,20). The molecule has 0 atom stereocenters. The highest BCUT2D eigenvalue weighted by Gasteiger charge is 2.17. The molecular formula is C14H19N3O3S. The van der Waals surface area contributed by atoms with E-state index in [2.05, 4.69) is 15.2 Å². The highest BCUT2D eigenvalue weighted by atomic mass is 32.1. The Morgan fingerprint density at radius 3 is 2.67 bits per heavy atom. The number of carbonyl (C=O) groups is 2. The Morgan fingerprint density at radius 2 is 2.00 bits per heavy atom. The molecule has 1 amide bonds. The van der Waals surface area contributed by atoms with Crippen molar-refractivity contribution in [1.82, 2.24) is 4.98 Å². The maximum atomic E-state index is 11.9. The van der Waals surface area contributed by atoms with Gasteiger partial charge in [0.2, 0.25) is 5.91 Å². The summed E-state index contributed by atoms with van der Waals surface area (Å²) in [5.41, 5.74) is 1.48. The van der Waals surface area contributed by atoms with Crippen molar-refractivity contribution in [1.29, 1.82) is 0 Å². The lowest BCUT2D eigenvalue weighted by Gasteiger charge is -2.30. The predicted molar refractivity (Wildman–Crippen MR) is 83.2 cm³/mol. The highest BCUT2D eigenvalue weighted by molar-refractivity contribution is 7.71. The molecule has 1 fully saturated rings. The molecule has 1 saturated heterocycles. The Bertz CT molecular complexity index is 579. The zero-order chi connectivity index (χ0) is 15.2. The average molecular weight is 309 g/mol. The van der Waals surface area contributed by atoms with Crippen molar-refractivity contribution in [3.8, 4) is 0 Å². The number of pyridine rings is 1. The van der Waals surface area contributed by atoms with Gasteiger partial charge in [-0.05, 0) is 25.3 Å². The fourth-order valence-electron chi connectivity index (χ4n) is 2.41. The van der Waals surface area contributed by atoms with Gasteiger partial charge < -0.3 is 20.3 Å². The van der Waals surface area contributed by atoms with Gasteiger partial charge in [0.25, 0.3) is 0 Å². The first kappa shape index (κ1) is 15.5. The second-order valence-electron chi connectivity index (χ2n) is 5.06. The van der Waals surface area contributed by atoms with Crippen LogP contribution in [0.2, 0.25) is 0 Å². The zero-order valence-electron chi connectivity index (χ0n) is 11.7. The van der Waals surface area contributed by atoms with Gasteiger partial charge in [0.05, 0.1) is 17.8 Å². The third kappa shape index (κ3) is 4.29. The van der Waals surface area contributed by atoms with E-state index in [-0.39, 0.29) is 18.7 Å². The number of hydrogen-bond donors (Lipinski definition) is 3. The zero-order valence-corrected chi connectivity index (χ0v) is 12.5. The maximum absolute atomic E-state index is 11.9. The van der Waals surface area contributed by atoms with E-state index in [1.54, 1.807) is 6.20 Å². The molecule has 1 aliphatic rings. The number of hydrogen-bond acceptors (Lipinski definition) is 4. The summed E-state index contributed by atoms with van der Waals surface area (Å²) in [4.78, 5) is 27.5. The Kier molecular flexibility index (Phi) is 5.32. The fourth-order valence-corrected chi connectivity index (χ4v) is 2.63.